The number of Topliss-reactive ketones (excluding diaryl/α,β-unsaturated/α-hetero) is 1. The Morgan fingerprint density at radius 1 is 1.64 bits per heavy atom. The lowest BCUT2D eigenvalue weighted by Gasteiger charge is -2.06. The molecule has 0 spiro atoms. The second-order valence-corrected chi connectivity index (χ2v) is 3.95. The second-order valence-electron chi connectivity index (χ2n) is 3.03. The van der Waals surface area contributed by atoms with Crippen molar-refractivity contribution < 1.29 is 14.3 Å². The fourth-order valence-electron chi connectivity index (χ4n) is 1.25. The minimum absolute atomic E-state index is 0.0110. The normalized spacial score (nSPS) is 19.1. The molecule has 1 atom stereocenters. The van der Waals surface area contributed by atoms with Gasteiger partial charge in [-0.15, -0.1) is 0 Å². The van der Waals surface area contributed by atoms with Gasteiger partial charge in [0.1, 0.15) is 11.9 Å². The van der Waals surface area contributed by atoms with E-state index in [1.165, 1.54) is 0 Å². The Labute approximate surface area is 90.1 Å². The number of benzene rings is 1. The average molecular weight is 257 g/mol. The Hall–Kier alpha value is -0.870. The van der Waals surface area contributed by atoms with Crippen molar-refractivity contribution in [3.63, 3.8) is 0 Å². The summed E-state index contributed by atoms with van der Waals surface area (Å²) >= 11 is 3.31. The SMILES string of the molecule is COc1ccc(Br)cc1C(=O)C1CO1. The molecule has 4 heteroatoms. The molecule has 14 heavy (non-hydrogen) atoms. The molecule has 1 aliphatic rings. The quantitative estimate of drug-likeness (QED) is 0.614. The van der Waals surface area contributed by atoms with E-state index in [1.54, 1.807) is 19.2 Å². The van der Waals surface area contributed by atoms with E-state index in [1.807, 2.05) is 6.07 Å². The smallest absolute Gasteiger partial charge is 0.197 e. The highest BCUT2D eigenvalue weighted by Gasteiger charge is 2.33. The lowest BCUT2D eigenvalue weighted by atomic mass is 10.1. The number of ketones is 1. The standard InChI is InChI=1S/C10H9BrO3/c1-13-8-3-2-6(11)4-7(8)10(12)9-5-14-9/h2-4,9H,5H2,1H3. The Morgan fingerprint density at radius 3 is 2.93 bits per heavy atom. The molecule has 0 amide bonds. The molecule has 0 radical (unpaired) electrons. The lowest BCUT2D eigenvalue weighted by molar-refractivity contribution is 0.0950. The molecule has 1 aliphatic heterocycles. The highest BCUT2D eigenvalue weighted by Crippen LogP contribution is 2.27. The van der Waals surface area contributed by atoms with Crippen LogP contribution in [-0.2, 0) is 4.74 Å². The van der Waals surface area contributed by atoms with Crippen LogP contribution in [0.25, 0.3) is 0 Å². The molecule has 0 bridgehead atoms. The zero-order chi connectivity index (χ0) is 10.1. The van der Waals surface area contributed by atoms with Crippen LogP contribution in [0.1, 0.15) is 10.4 Å². The van der Waals surface area contributed by atoms with Crippen molar-refractivity contribution in [2.75, 3.05) is 13.7 Å². The number of methoxy groups -OCH3 is 1. The summed E-state index contributed by atoms with van der Waals surface area (Å²) in [5, 5.41) is 0. The van der Waals surface area contributed by atoms with Gasteiger partial charge < -0.3 is 9.47 Å². The molecule has 0 saturated carbocycles. The number of rotatable bonds is 3. The van der Waals surface area contributed by atoms with Crippen molar-refractivity contribution in [2.45, 2.75) is 6.10 Å². The van der Waals surface area contributed by atoms with Crippen LogP contribution in [0.5, 0.6) is 5.75 Å². The summed E-state index contributed by atoms with van der Waals surface area (Å²) in [4.78, 5) is 11.7. The number of carbonyl (C=O) groups excluding carboxylic acids is 1. The fraction of sp³-hybridized carbons (Fsp3) is 0.300. The van der Waals surface area contributed by atoms with Gasteiger partial charge in [0.25, 0.3) is 0 Å². The van der Waals surface area contributed by atoms with Crippen LogP contribution in [-0.4, -0.2) is 25.6 Å². The molecule has 1 aromatic carbocycles. The van der Waals surface area contributed by atoms with E-state index in [-0.39, 0.29) is 11.9 Å². The molecule has 3 nitrogen and oxygen atoms in total. The summed E-state index contributed by atoms with van der Waals surface area (Å²) in [6.07, 6.45) is -0.266. The summed E-state index contributed by atoms with van der Waals surface area (Å²) < 4.78 is 10.9. The first-order valence-corrected chi connectivity index (χ1v) is 5.01. The molecule has 1 unspecified atom stereocenters. The zero-order valence-corrected chi connectivity index (χ0v) is 9.21. The monoisotopic (exact) mass is 256 g/mol. The minimum Gasteiger partial charge on any atom is -0.496 e. The summed E-state index contributed by atoms with van der Waals surface area (Å²) in [7, 11) is 1.55. The first-order chi connectivity index (χ1) is 6.72. The second kappa shape index (κ2) is 3.71. The Bertz CT molecular complexity index is 372. The van der Waals surface area contributed by atoms with Crippen LogP contribution in [0, 0.1) is 0 Å². The number of hydrogen-bond acceptors (Lipinski definition) is 3. The molecule has 1 aromatic rings. The molecule has 1 saturated heterocycles. The minimum atomic E-state index is -0.266. The molecular weight excluding hydrogens is 248 g/mol. The molecule has 1 heterocycles. The first-order valence-electron chi connectivity index (χ1n) is 4.21. The maximum absolute atomic E-state index is 11.7. The molecule has 0 N–H and O–H groups in total. The van der Waals surface area contributed by atoms with Gasteiger partial charge in [-0.1, -0.05) is 15.9 Å². The molecular formula is C10H9BrO3. The van der Waals surface area contributed by atoms with E-state index in [0.717, 1.165) is 4.47 Å². The van der Waals surface area contributed by atoms with Crippen LogP contribution in [0.15, 0.2) is 22.7 Å². The summed E-state index contributed by atoms with van der Waals surface area (Å²) in [6, 6.07) is 5.35. The van der Waals surface area contributed by atoms with Gasteiger partial charge in [-0.2, -0.15) is 0 Å². The number of carbonyl (C=O) groups is 1. The summed E-state index contributed by atoms with van der Waals surface area (Å²) in [5.41, 5.74) is 0.573. The van der Waals surface area contributed by atoms with Crippen molar-refractivity contribution in [3.8, 4) is 5.75 Å². The van der Waals surface area contributed by atoms with Crippen LogP contribution in [0.4, 0.5) is 0 Å². The van der Waals surface area contributed by atoms with Gasteiger partial charge in [-0.3, -0.25) is 4.79 Å². The molecule has 0 aliphatic carbocycles. The van der Waals surface area contributed by atoms with Gasteiger partial charge in [-0.25, -0.2) is 0 Å². The summed E-state index contributed by atoms with van der Waals surface area (Å²) in [6.45, 7) is 0.522. The van der Waals surface area contributed by atoms with E-state index in [9.17, 15) is 4.79 Å². The van der Waals surface area contributed by atoms with Gasteiger partial charge in [0.05, 0.1) is 19.3 Å². The van der Waals surface area contributed by atoms with Gasteiger partial charge in [-0.05, 0) is 18.2 Å². The molecule has 1 fully saturated rings. The third kappa shape index (κ3) is 1.81. The zero-order valence-electron chi connectivity index (χ0n) is 7.62. The number of halogens is 1. The van der Waals surface area contributed by atoms with Crippen LogP contribution < -0.4 is 4.74 Å². The highest BCUT2D eigenvalue weighted by atomic mass is 79.9. The predicted octanol–water partition coefficient (Wildman–Crippen LogP) is 2.04. The third-order valence-corrected chi connectivity index (χ3v) is 2.55. The lowest BCUT2D eigenvalue weighted by Crippen LogP contribution is -2.08. The Kier molecular flexibility index (Phi) is 2.56. The van der Waals surface area contributed by atoms with Gasteiger partial charge >= 0.3 is 0 Å². The summed E-state index contributed by atoms with van der Waals surface area (Å²) in [5.74, 6) is 0.580. The maximum Gasteiger partial charge on any atom is 0.197 e. The predicted molar refractivity (Wildman–Crippen MR) is 54.8 cm³/mol. The first kappa shape index (κ1) is 9.68. The number of hydrogen-bond donors (Lipinski definition) is 0. The van der Waals surface area contributed by atoms with Gasteiger partial charge in [0.15, 0.2) is 5.78 Å². The molecule has 0 aromatic heterocycles. The van der Waals surface area contributed by atoms with E-state index >= 15 is 0 Å². The van der Waals surface area contributed by atoms with Crippen LogP contribution in [0.3, 0.4) is 0 Å². The Morgan fingerprint density at radius 2 is 2.36 bits per heavy atom. The molecule has 2 rings (SSSR count). The maximum atomic E-state index is 11.7. The topological polar surface area (TPSA) is 38.8 Å². The van der Waals surface area contributed by atoms with Crippen molar-refractivity contribution in [1.29, 1.82) is 0 Å². The van der Waals surface area contributed by atoms with Crippen LogP contribution in [0.2, 0.25) is 0 Å². The van der Waals surface area contributed by atoms with Crippen molar-refractivity contribution in [1.82, 2.24) is 0 Å². The van der Waals surface area contributed by atoms with E-state index in [0.29, 0.717) is 17.9 Å². The van der Waals surface area contributed by atoms with Gasteiger partial charge in [0, 0.05) is 4.47 Å². The molecule has 74 valence electrons. The third-order valence-electron chi connectivity index (χ3n) is 2.05. The van der Waals surface area contributed by atoms with Crippen LogP contribution >= 0.6 is 15.9 Å². The highest BCUT2D eigenvalue weighted by molar-refractivity contribution is 9.10. The Balaban J connectivity index is 2.37. The number of epoxide rings is 1. The van der Waals surface area contributed by atoms with Crippen molar-refractivity contribution in [2.24, 2.45) is 0 Å². The van der Waals surface area contributed by atoms with E-state index in [2.05, 4.69) is 15.9 Å². The largest absolute Gasteiger partial charge is 0.496 e. The van der Waals surface area contributed by atoms with Crippen molar-refractivity contribution in [3.05, 3.63) is 28.2 Å². The van der Waals surface area contributed by atoms with E-state index in [4.69, 9.17) is 9.47 Å². The van der Waals surface area contributed by atoms with Crippen molar-refractivity contribution >= 4 is 21.7 Å². The number of ether oxygens (including phenoxy) is 2. The van der Waals surface area contributed by atoms with Gasteiger partial charge in [0.2, 0.25) is 0 Å². The average Bonchev–Trinajstić information content (AvgIpc) is 3.00. The van der Waals surface area contributed by atoms with E-state index < -0.39 is 0 Å². The fourth-order valence-corrected chi connectivity index (χ4v) is 1.61.